The number of rotatable bonds is 7. The molecule has 9 heteroatoms. The lowest BCUT2D eigenvalue weighted by molar-refractivity contribution is 0.102. The lowest BCUT2D eigenvalue weighted by Crippen LogP contribution is -2.35. The van der Waals surface area contributed by atoms with Gasteiger partial charge in [-0.05, 0) is 43.3 Å². The number of carbonyl (C=O) groups excluding carboxylic acids is 1. The highest BCUT2D eigenvalue weighted by molar-refractivity contribution is 7.89. The molecule has 2 aromatic carbocycles. The number of carbonyl (C=O) groups is 1. The van der Waals surface area contributed by atoms with Crippen LogP contribution in [0.15, 0.2) is 47.4 Å². The number of hydrogen-bond acceptors (Lipinski definition) is 4. The van der Waals surface area contributed by atoms with Crippen LogP contribution in [0.4, 0.5) is 10.1 Å². The minimum atomic E-state index is -3.91. The second-order valence-corrected chi connectivity index (χ2v) is 7.73. The van der Waals surface area contributed by atoms with E-state index in [0.717, 1.165) is 6.07 Å². The van der Waals surface area contributed by atoms with Gasteiger partial charge in [0.2, 0.25) is 10.0 Å². The summed E-state index contributed by atoms with van der Waals surface area (Å²) in [4.78, 5) is 11.9. The van der Waals surface area contributed by atoms with E-state index in [1.54, 1.807) is 19.1 Å². The largest absolute Gasteiger partial charge is 0.383 e. The van der Waals surface area contributed by atoms with Gasteiger partial charge in [-0.25, -0.2) is 17.5 Å². The lowest BCUT2D eigenvalue weighted by Gasteiger charge is -2.14. The molecule has 0 aliphatic carbocycles. The molecule has 0 saturated heterocycles. The van der Waals surface area contributed by atoms with Gasteiger partial charge in [-0.3, -0.25) is 4.79 Å². The second kappa shape index (κ2) is 8.59. The summed E-state index contributed by atoms with van der Waals surface area (Å²) in [5, 5.41) is 2.76. The Morgan fingerprint density at radius 2 is 2.00 bits per heavy atom. The fourth-order valence-corrected chi connectivity index (χ4v) is 3.64. The first-order valence-corrected chi connectivity index (χ1v) is 9.47. The molecule has 0 fully saturated rings. The molecule has 2 N–H and O–H groups in total. The van der Waals surface area contributed by atoms with Crippen LogP contribution in [0, 0.1) is 5.82 Å². The van der Waals surface area contributed by atoms with Crippen LogP contribution in [0.5, 0.6) is 0 Å². The minimum absolute atomic E-state index is 0.140. The van der Waals surface area contributed by atoms with Crippen LogP contribution in [0.1, 0.15) is 17.3 Å². The van der Waals surface area contributed by atoms with E-state index in [1.807, 2.05) is 0 Å². The van der Waals surface area contributed by atoms with Crippen LogP contribution < -0.4 is 10.0 Å². The summed E-state index contributed by atoms with van der Waals surface area (Å²) in [5.41, 5.74) is 0.113. The standard InChI is InChI=1S/C17H18ClFN2O4S/c1-11(10-25-2)21-26(23,24)14-6-7-16(15(19)9-14)20-17(22)12-4-3-5-13(18)8-12/h3-9,11,21H,10H2,1-2H3,(H,20,22)/t11-/m1/s1. The Morgan fingerprint density at radius 1 is 1.27 bits per heavy atom. The predicted octanol–water partition coefficient (Wildman–Crippen LogP) is 3.04. The van der Waals surface area contributed by atoms with Crippen LogP contribution in [0.2, 0.25) is 5.02 Å². The molecule has 0 heterocycles. The zero-order valence-electron chi connectivity index (χ0n) is 14.1. The average molecular weight is 401 g/mol. The van der Waals surface area contributed by atoms with Gasteiger partial charge in [0, 0.05) is 23.7 Å². The lowest BCUT2D eigenvalue weighted by atomic mass is 10.2. The number of benzene rings is 2. The third-order valence-corrected chi connectivity index (χ3v) is 5.18. The van der Waals surface area contributed by atoms with Crippen molar-refractivity contribution in [2.24, 2.45) is 0 Å². The number of anilines is 1. The van der Waals surface area contributed by atoms with E-state index in [4.69, 9.17) is 16.3 Å². The van der Waals surface area contributed by atoms with Crippen molar-refractivity contribution in [3.8, 4) is 0 Å². The van der Waals surface area contributed by atoms with Gasteiger partial charge in [-0.2, -0.15) is 0 Å². The number of halogens is 2. The van der Waals surface area contributed by atoms with Crippen molar-refractivity contribution in [2.45, 2.75) is 17.9 Å². The Balaban J connectivity index is 2.18. The van der Waals surface area contributed by atoms with Crippen molar-refractivity contribution in [3.05, 3.63) is 58.9 Å². The molecule has 0 aliphatic rings. The maximum atomic E-state index is 14.3. The summed E-state index contributed by atoms with van der Waals surface area (Å²) in [6.45, 7) is 1.80. The average Bonchev–Trinajstić information content (AvgIpc) is 2.56. The van der Waals surface area contributed by atoms with E-state index in [1.165, 1.54) is 31.4 Å². The summed E-state index contributed by atoms with van der Waals surface area (Å²) in [5.74, 6) is -1.43. The highest BCUT2D eigenvalue weighted by Gasteiger charge is 2.19. The van der Waals surface area contributed by atoms with Gasteiger partial charge in [0.05, 0.1) is 17.2 Å². The molecule has 0 radical (unpaired) electrons. The molecule has 1 amide bonds. The van der Waals surface area contributed by atoms with Crippen molar-refractivity contribution < 1.29 is 22.3 Å². The Kier molecular flexibility index (Phi) is 6.71. The first kappa shape index (κ1) is 20.3. The van der Waals surface area contributed by atoms with Gasteiger partial charge in [0.1, 0.15) is 5.82 Å². The maximum Gasteiger partial charge on any atom is 0.255 e. The molecule has 0 bridgehead atoms. The van der Waals surface area contributed by atoms with E-state index in [2.05, 4.69) is 10.0 Å². The van der Waals surface area contributed by atoms with Gasteiger partial charge in [-0.15, -0.1) is 0 Å². The van der Waals surface area contributed by atoms with E-state index >= 15 is 0 Å². The Morgan fingerprint density at radius 3 is 2.62 bits per heavy atom. The maximum absolute atomic E-state index is 14.3. The smallest absolute Gasteiger partial charge is 0.255 e. The van der Waals surface area contributed by atoms with Gasteiger partial charge in [0.15, 0.2) is 0 Å². The summed E-state index contributed by atoms with van der Waals surface area (Å²) < 4.78 is 46.0. The zero-order chi connectivity index (χ0) is 19.3. The minimum Gasteiger partial charge on any atom is -0.383 e. The Hall–Kier alpha value is -2.00. The third kappa shape index (κ3) is 5.25. The van der Waals surface area contributed by atoms with Gasteiger partial charge in [-0.1, -0.05) is 17.7 Å². The second-order valence-electron chi connectivity index (χ2n) is 5.58. The van der Waals surface area contributed by atoms with Gasteiger partial charge < -0.3 is 10.1 Å². The fraction of sp³-hybridized carbons (Fsp3) is 0.235. The topological polar surface area (TPSA) is 84.5 Å². The van der Waals surface area contributed by atoms with E-state index < -0.39 is 27.8 Å². The highest BCUT2D eigenvalue weighted by Crippen LogP contribution is 2.20. The summed E-state index contributed by atoms with van der Waals surface area (Å²) in [6, 6.07) is 8.93. The highest BCUT2D eigenvalue weighted by atomic mass is 35.5. The molecule has 0 spiro atoms. The van der Waals surface area contributed by atoms with Crippen molar-refractivity contribution in [3.63, 3.8) is 0 Å². The van der Waals surface area contributed by atoms with E-state index in [9.17, 15) is 17.6 Å². The van der Waals surface area contributed by atoms with Crippen LogP contribution in [-0.4, -0.2) is 34.1 Å². The first-order chi connectivity index (χ1) is 12.2. The monoisotopic (exact) mass is 400 g/mol. The van der Waals surface area contributed by atoms with E-state index in [-0.39, 0.29) is 22.8 Å². The van der Waals surface area contributed by atoms with Crippen LogP contribution >= 0.6 is 11.6 Å². The summed E-state index contributed by atoms with van der Waals surface area (Å²) in [6.07, 6.45) is 0. The SMILES string of the molecule is COC[C@@H](C)NS(=O)(=O)c1ccc(NC(=O)c2cccc(Cl)c2)c(F)c1. The van der Waals surface area contributed by atoms with Crippen LogP contribution in [-0.2, 0) is 14.8 Å². The zero-order valence-corrected chi connectivity index (χ0v) is 15.7. The summed E-state index contributed by atoms with van der Waals surface area (Å²) >= 11 is 5.82. The van der Waals surface area contributed by atoms with Crippen molar-refractivity contribution >= 4 is 33.2 Å². The number of hydrogen-bond donors (Lipinski definition) is 2. The molecule has 2 rings (SSSR count). The molecule has 1 atom stereocenters. The Bertz CT molecular complexity index is 905. The fourth-order valence-electron chi connectivity index (χ4n) is 2.21. The molecule has 0 unspecified atom stereocenters. The number of ether oxygens (including phenoxy) is 1. The normalized spacial score (nSPS) is 12.6. The number of amides is 1. The molecular formula is C17H18ClFN2O4S. The van der Waals surface area contributed by atoms with Crippen molar-refractivity contribution in [1.82, 2.24) is 4.72 Å². The van der Waals surface area contributed by atoms with Crippen LogP contribution in [0.3, 0.4) is 0 Å². The molecule has 2 aromatic rings. The molecule has 26 heavy (non-hydrogen) atoms. The van der Waals surface area contributed by atoms with Crippen molar-refractivity contribution in [1.29, 1.82) is 0 Å². The third-order valence-electron chi connectivity index (χ3n) is 3.36. The quantitative estimate of drug-likeness (QED) is 0.748. The number of nitrogens with one attached hydrogen (secondary N) is 2. The predicted molar refractivity (Wildman–Crippen MR) is 97.5 cm³/mol. The van der Waals surface area contributed by atoms with Crippen molar-refractivity contribution in [2.75, 3.05) is 19.0 Å². The molecule has 6 nitrogen and oxygen atoms in total. The first-order valence-electron chi connectivity index (χ1n) is 7.60. The molecular weight excluding hydrogens is 383 g/mol. The molecule has 140 valence electrons. The molecule has 0 aliphatic heterocycles. The van der Waals surface area contributed by atoms with Gasteiger partial charge in [0.25, 0.3) is 5.91 Å². The number of methoxy groups -OCH3 is 1. The molecule has 0 saturated carbocycles. The molecule has 0 aromatic heterocycles. The van der Waals surface area contributed by atoms with E-state index in [0.29, 0.717) is 5.02 Å². The number of sulfonamides is 1. The van der Waals surface area contributed by atoms with Gasteiger partial charge >= 0.3 is 0 Å². The van der Waals surface area contributed by atoms with Crippen LogP contribution in [0.25, 0.3) is 0 Å². The Labute approximate surface area is 156 Å². The summed E-state index contributed by atoms with van der Waals surface area (Å²) in [7, 11) is -2.46.